The van der Waals surface area contributed by atoms with Crippen molar-refractivity contribution in [3.8, 4) is 0 Å². The van der Waals surface area contributed by atoms with Crippen molar-refractivity contribution >= 4 is 17.9 Å². The van der Waals surface area contributed by atoms with Crippen LogP contribution in [0, 0.1) is 0 Å². The lowest BCUT2D eigenvalue weighted by Crippen LogP contribution is -2.62. The van der Waals surface area contributed by atoms with E-state index in [9.17, 15) is 14.4 Å². The van der Waals surface area contributed by atoms with Gasteiger partial charge in [0.25, 0.3) is 0 Å². The zero-order chi connectivity index (χ0) is 13.3. The molecule has 0 spiro atoms. The van der Waals surface area contributed by atoms with Gasteiger partial charge in [0.1, 0.15) is 0 Å². The second-order valence-corrected chi connectivity index (χ2v) is 4.27. The lowest BCUT2D eigenvalue weighted by molar-refractivity contribution is -0.162. The molecule has 1 atom stereocenters. The number of carbonyl (C=O) groups is 3. The Morgan fingerprint density at radius 1 is 1.39 bits per heavy atom. The number of aliphatic carboxylic acids is 1. The standard InChI is InChI=1S/C10H16N4O4/c1-11-12-6-4-8(15)13-5-2-3-7(9(16)17)14(13)10(12)18/h7,11H,2-6H2,1H3,(H,16,17). The Kier molecular flexibility index (Phi) is 3.37. The maximum Gasteiger partial charge on any atom is 0.354 e. The van der Waals surface area contributed by atoms with Gasteiger partial charge in [0.15, 0.2) is 6.04 Å². The van der Waals surface area contributed by atoms with Crippen molar-refractivity contribution in [1.82, 2.24) is 20.5 Å². The molecule has 0 aromatic heterocycles. The molecule has 2 N–H and O–H groups in total. The van der Waals surface area contributed by atoms with E-state index in [2.05, 4.69) is 5.43 Å². The number of rotatable bonds is 2. The van der Waals surface area contributed by atoms with E-state index in [1.54, 1.807) is 7.05 Å². The minimum Gasteiger partial charge on any atom is -0.480 e. The molecular formula is C10H16N4O4. The van der Waals surface area contributed by atoms with E-state index in [0.717, 1.165) is 5.01 Å². The topological polar surface area (TPSA) is 93.2 Å². The summed E-state index contributed by atoms with van der Waals surface area (Å²) in [6.07, 6.45) is 1.14. The minimum absolute atomic E-state index is 0.190. The molecule has 0 radical (unpaired) electrons. The molecule has 3 amide bonds. The van der Waals surface area contributed by atoms with Gasteiger partial charge in [-0.15, -0.1) is 0 Å². The summed E-state index contributed by atoms with van der Waals surface area (Å²) < 4.78 is 0. The number of urea groups is 1. The van der Waals surface area contributed by atoms with Crippen LogP contribution in [0.1, 0.15) is 19.3 Å². The van der Waals surface area contributed by atoms with E-state index in [4.69, 9.17) is 5.11 Å². The number of hydrogen-bond acceptors (Lipinski definition) is 4. The van der Waals surface area contributed by atoms with Crippen LogP contribution in [0.25, 0.3) is 0 Å². The molecule has 0 aromatic rings. The first kappa shape index (κ1) is 12.6. The van der Waals surface area contributed by atoms with Gasteiger partial charge in [-0.2, -0.15) is 0 Å². The number of fused-ring (bicyclic) bond motifs is 1. The minimum atomic E-state index is -1.08. The van der Waals surface area contributed by atoms with Crippen molar-refractivity contribution < 1.29 is 19.5 Å². The highest BCUT2D eigenvalue weighted by Crippen LogP contribution is 2.23. The Labute approximate surface area is 104 Å². The maximum absolute atomic E-state index is 12.2. The summed E-state index contributed by atoms with van der Waals surface area (Å²) in [5.41, 5.74) is 2.68. The number of nitrogens with one attached hydrogen (secondary N) is 1. The van der Waals surface area contributed by atoms with Gasteiger partial charge in [-0.1, -0.05) is 0 Å². The average Bonchev–Trinajstić information content (AvgIpc) is 2.48. The summed E-state index contributed by atoms with van der Waals surface area (Å²) in [5, 5.41) is 12.8. The SMILES string of the molecule is CNN1CCC(=O)N2CCCC(C(=O)O)N2C1=O. The van der Waals surface area contributed by atoms with E-state index < -0.39 is 18.0 Å². The smallest absolute Gasteiger partial charge is 0.354 e. The zero-order valence-electron chi connectivity index (χ0n) is 10.1. The number of hydrazine groups is 2. The second kappa shape index (κ2) is 4.81. The Bertz CT molecular complexity index is 386. The van der Waals surface area contributed by atoms with E-state index in [1.165, 1.54) is 10.0 Å². The maximum atomic E-state index is 12.2. The first-order valence-corrected chi connectivity index (χ1v) is 5.87. The molecule has 0 saturated carbocycles. The van der Waals surface area contributed by atoms with Crippen molar-refractivity contribution in [2.45, 2.75) is 25.3 Å². The van der Waals surface area contributed by atoms with E-state index in [1.807, 2.05) is 0 Å². The molecular weight excluding hydrogens is 240 g/mol. The highest BCUT2D eigenvalue weighted by Gasteiger charge is 2.43. The molecule has 0 aromatic carbocycles. The summed E-state index contributed by atoms with van der Waals surface area (Å²) in [5.74, 6) is -1.30. The third-order valence-corrected chi connectivity index (χ3v) is 3.22. The predicted octanol–water partition coefficient (Wildman–Crippen LogP) is -0.761. The highest BCUT2D eigenvalue weighted by molar-refractivity contribution is 5.88. The summed E-state index contributed by atoms with van der Waals surface area (Å²) in [6, 6.07) is -1.46. The molecule has 0 bridgehead atoms. The molecule has 100 valence electrons. The van der Waals surface area contributed by atoms with Gasteiger partial charge in [0, 0.05) is 26.6 Å². The van der Waals surface area contributed by atoms with Crippen molar-refractivity contribution in [2.75, 3.05) is 20.1 Å². The molecule has 18 heavy (non-hydrogen) atoms. The lowest BCUT2D eigenvalue weighted by atomic mass is 10.1. The monoisotopic (exact) mass is 256 g/mol. The van der Waals surface area contributed by atoms with E-state index in [-0.39, 0.29) is 18.9 Å². The van der Waals surface area contributed by atoms with Crippen molar-refractivity contribution in [2.24, 2.45) is 0 Å². The molecule has 8 nitrogen and oxygen atoms in total. The molecule has 2 aliphatic rings. The van der Waals surface area contributed by atoms with Crippen LogP contribution in [0.3, 0.4) is 0 Å². The largest absolute Gasteiger partial charge is 0.480 e. The Morgan fingerprint density at radius 3 is 2.72 bits per heavy atom. The number of amides is 3. The van der Waals surface area contributed by atoms with Crippen LogP contribution >= 0.6 is 0 Å². The summed E-state index contributed by atoms with van der Waals surface area (Å²) >= 11 is 0. The lowest BCUT2D eigenvalue weighted by Gasteiger charge is -2.41. The fraction of sp³-hybridized carbons (Fsp3) is 0.700. The van der Waals surface area contributed by atoms with Gasteiger partial charge in [-0.05, 0) is 12.8 Å². The van der Waals surface area contributed by atoms with E-state index >= 15 is 0 Å². The van der Waals surface area contributed by atoms with Gasteiger partial charge in [0.2, 0.25) is 5.91 Å². The first-order chi connectivity index (χ1) is 8.56. The summed E-state index contributed by atoms with van der Waals surface area (Å²) in [4.78, 5) is 35.3. The molecule has 2 fully saturated rings. The molecule has 2 heterocycles. The van der Waals surface area contributed by atoms with Gasteiger partial charge in [-0.25, -0.2) is 25.0 Å². The number of carbonyl (C=O) groups excluding carboxylic acids is 2. The van der Waals surface area contributed by atoms with Gasteiger partial charge in [0.05, 0.1) is 0 Å². The molecule has 8 heteroatoms. The first-order valence-electron chi connectivity index (χ1n) is 5.87. The van der Waals surface area contributed by atoms with Gasteiger partial charge in [-0.3, -0.25) is 9.80 Å². The molecule has 0 aliphatic carbocycles. The molecule has 2 rings (SSSR count). The number of carboxylic acid groups (broad SMARTS) is 1. The zero-order valence-corrected chi connectivity index (χ0v) is 10.1. The molecule has 2 saturated heterocycles. The summed E-state index contributed by atoms with van der Waals surface area (Å²) in [6.45, 7) is 0.638. The van der Waals surface area contributed by atoms with Crippen LogP contribution in [0.4, 0.5) is 4.79 Å². The van der Waals surface area contributed by atoms with Crippen LogP contribution in [0.15, 0.2) is 0 Å². The van der Waals surface area contributed by atoms with Crippen LogP contribution in [0.5, 0.6) is 0 Å². The van der Waals surface area contributed by atoms with Crippen molar-refractivity contribution in [1.29, 1.82) is 0 Å². The van der Waals surface area contributed by atoms with Gasteiger partial charge >= 0.3 is 12.0 Å². The van der Waals surface area contributed by atoms with Crippen LogP contribution < -0.4 is 5.43 Å². The van der Waals surface area contributed by atoms with Crippen LogP contribution in [0.2, 0.25) is 0 Å². The molecule has 1 unspecified atom stereocenters. The second-order valence-electron chi connectivity index (χ2n) is 4.27. The van der Waals surface area contributed by atoms with Crippen molar-refractivity contribution in [3.63, 3.8) is 0 Å². The fourth-order valence-corrected chi connectivity index (χ4v) is 2.31. The normalized spacial score (nSPS) is 24.9. The third-order valence-electron chi connectivity index (χ3n) is 3.22. The van der Waals surface area contributed by atoms with Crippen LogP contribution in [-0.4, -0.2) is 64.2 Å². The third kappa shape index (κ3) is 1.99. The van der Waals surface area contributed by atoms with E-state index in [0.29, 0.717) is 19.4 Å². The number of carboxylic acids is 1. The summed E-state index contributed by atoms with van der Waals surface area (Å²) in [7, 11) is 1.57. The Morgan fingerprint density at radius 2 is 2.11 bits per heavy atom. The predicted molar refractivity (Wildman–Crippen MR) is 60.0 cm³/mol. The Hall–Kier alpha value is -1.83. The van der Waals surface area contributed by atoms with Gasteiger partial charge < -0.3 is 5.11 Å². The fourth-order valence-electron chi connectivity index (χ4n) is 2.31. The van der Waals surface area contributed by atoms with Crippen molar-refractivity contribution in [3.05, 3.63) is 0 Å². The average molecular weight is 256 g/mol. The number of nitrogens with zero attached hydrogens (tertiary/aromatic N) is 3. The number of hydrogen-bond donors (Lipinski definition) is 2. The van der Waals surface area contributed by atoms with Crippen LogP contribution in [-0.2, 0) is 9.59 Å². The highest BCUT2D eigenvalue weighted by atomic mass is 16.4. The molecule has 2 aliphatic heterocycles. The Balaban J connectivity index is 2.34. The quantitative estimate of drug-likeness (QED) is 0.677.